The standard InChI is InChI=1S/C16H18N2O3/c19-15(20)11-5-6-12-14(9-11)21-16(17-12)18-8-7-10-3-1-2-4-13(10)18/h5-6,9-10,13H,1-4,7-8H2,(H,19,20). The van der Waals surface area contributed by atoms with Crippen LogP contribution >= 0.6 is 0 Å². The average molecular weight is 286 g/mol. The second-order valence-corrected chi connectivity index (χ2v) is 6.08. The van der Waals surface area contributed by atoms with Crippen molar-refractivity contribution in [3.8, 4) is 0 Å². The van der Waals surface area contributed by atoms with Crippen molar-refractivity contribution in [1.29, 1.82) is 0 Å². The summed E-state index contributed by atoms with van der Waals surface area (Å²) in [7, 11) is 0. The number of nitrogens with zero attached hydrogens (tertiary/aromatic N) is 2. The highest BCUT2D eigenvalue weighted by molar-refractivity contribution is 5.92. The highest BCUT2D eigenvalue weighted by atomic mass is 16.4. The van der Waals surface area contributed by atoms with Crippen LogP contribution in [0.4, 0.5) is 6.01 Å². The van der Waals surface area contributed by atoms with E-state index in [0.29, 0.717) is 17.6 Å². The first-order valence-corrected chi connectivity index (χ1v) is 7.63. The van der Waals surface area contributed by atoms with E-state index in [-0.39, 0.29) is 5.56 Å². The van der Waals surface area contributed by atoms with E-state index in [1.807, 2.05) is 0 Å². The zero-order chi connectivity index (χ0) is 14.4. The Hall–Kier alpha value is -2.04. The van der Waals surface area contributed by atoms with Crippen molar-refractivity contribution in [3.63, 3.8) is 0 Å². The van der Waals surface area contributed by atoms with Gasteiger partial charge in [-0.05, 0) is 43.4 Å². The van der Waals surface area contributed by atoms with Crippen LogP contribution in [-0.4, -0.2) is 28.6 Å². The van der Waals surface area contributed by atoms with Crippen molar-refractivity contribution in [1.82, 2.24) is 4.98 Å². The van der Waals surface area contributed by atoms with E-state index < -0.39 is 5.97 Å². The number of aromatic nitrogens is 1. The minimum absolute atomic E-state index is 0.238. The largest absolute Gasteiger partial charge is 0.478 e. The molecule has 1 aromatic heterocycles. The van der Waals surface area contributed by atoms with Gasteiger partial charge in [0.15, 0.2) is 5.58 Å². The molecule has 2 aliphatic rings. The molecule has 1 saturated carbocycles. The Labute approximate surface area is 122 Å². The number of carbonyl (C=O) groups is 1. The highest BCUT2D eigenvalue weighted by Gasteiger charge is 2.37. The molecule has 2 unspecified atom stereocenters. The Morgan fingerprint density at radius 2 is 2.14 bits per heavy atom. The summed E-state index contributed by atoms with van der Waals surface area (Å²) >= 11 is 0. The van der Waals surface area contributed by atoms with Gasteiger partial charge in [-0.3, -0.25) is 0 Å². The molecule has 1 saturated heterocycles. The fourth-order valence-electron chi connectivity index (χ4n) is 3.81. The molecule has 1 N–H and O–H groups in total. The summed E-state index contributed by atoms with van der Waals surface area (Å²) < 4.78 is 5.84. The van der Waals surface area contributed by atoms with E-state index >= 15 is 0 Å². The van der Waals surface area contributed by atoms with Crippen LogP contribution in [-0.2, 0) is 0 Å². The maximum Gasteiger partial charge on any atom is 0.335 e. The van der Waals surface area contributed by atoms with Crippen molar-refractivity contribution < 1.29 is 14.3 Å². The molecule has 1 aliphatic carbocycles. The number of oxazole rings is 1. The van der Waals surface area contributed by atoms with Gasteiger partial charge in [0.25, 0.3) is 6.01 Å². The molecule has 0 amide bonds. The molecule has 2 heterocycles. The van der Waals surface area contributed by atoms with Crippen molar-refractivity contribution in [2.24, 2.45) is 5.92 Å². The van der Waals surface area contributed by atoms with Gasteiger partial charge in [0.1, 0.15) is 5.52 Å². The SMILES string of the molecule is O=C(O)c1ccc2nc(N3CCC4CCCCC43)oc2c1. The van der Waals surface area contributed by atoms with Crippen LogP contribution in [0.15, 0.2) is 22.6 Å². The Morgan fingerprint density at radius 1 is 1.29 bits per heavy atom. The van der Waals surface area contributed by atoms with E-state index in [0.717, 1.165) is 18.0 Å². The Balaban J connectivity index is 1.69. The predicted molar refractivity (Wildman–Crippen MR) is 78.7 cm³/mol. The lowest BCUT2D eigenvalue weighted by Crippen LogP contribution is -2.34. The van der Waals surface area contributed by atoms with Gasteiger partial charge >= 0.3 is 5.97 Å². The summed E-state index contributed by atoms with van der Waals surface area (Å²) in [5, 5.41) is 9.04. The molecule has 110 valence electrons. The predicted octanol–water partition coefficient (Wildman–Crippen LogP) is 3.29. The molecule has 2 aromatic rings. The monoisotopic (exact) mass is 286 g/mol. The second-order valence-electron chi connectivity index (χ2n) is 6.08. The fraction of sp³-hybridized carbons (Fsp3) is 0.500. The first-order chi connectivity index (χ1) is 10.2. The number of fused-ring (bicyclic) bond motifs is 2. The molecule has 5 nitrogen and oxygen atoms in total. The van der Waals surface area contributed by atoms with Gasteiger partial charge in [0.2, 0.25) is 0 Å². The van der Waals surface area contributed by atoms with Crippen LogP contribution in [0.5, 0.6) is 0 Å². The van der Waals surface area contributed by atoms with Crippen molar-refractivity contribution in [2.45, 2.75) is 38.1 Å². The van der Waals surface area contributed by atoms with Gasteiger partial charge in [-0.25, -0.2) is 4.79 Å². The third kappa shape index (κ3) is 2.07. The first kappa shape index (κ1) is 12.7. The van der Waals surface area contributed by atoms with Crippen LogP contribution < -0.4 is 4.90 Å². The normalized spacial score (nSPS) is 25.2. The molecule has 2 fully saturated rings. The van der Waals surface area contributed by atoms with E-state index in [1.165, 1.54) is 32.1 Å². The lowest BCUT2D eigenvalue weighted by Gasteiger charge is -2.30. The minimum Gasteiger partial charge on any atom is -0.478 e. The number of rotatable bonds is 2. The van der Waals surface area contributed by atoms with Gasteiger partial charge < -0.3 is 14.4 Å². The van der Waals surface area contributed by atoms with Crippen molar-refractivity contribution in [2.75, 3.05) is 11.4 Å². The van der Waals surface area contributed by atoms with Gasteiger partial charge in [-0.1, -0.05) is 12.8 Å². The molecule has 2 atom stereocenters. The zero-order valence-corrected chi connectivity index (χ0v) is 11.8. The summed E-state index contributed by atoms with van der Waals surface area (Å²) in [6.45, 7) is 0.994. The molecule has 5 heteroatoms. The first-order valence-electron chi connectivity index (χ1n) is 7.63. The number of carboxylic acids is 1. The molecule has 1 aliphatic heterocycles. The third-order valence-electron chi connectivity index (χ3n) is 4.88. The average Bonchev–Trinajstić information content (AvgIpc) is 3.09. The lowest BCUT2D eigenvalue weighted by molar-refractivity contribution is 0.0697. The number of benzene rings is 1. The van der Waals surface area contributed by atoms with Crippen LogP contribution in [0.3, 0.4) is 0 Å². The summed E-state index contributed by atoms with van der Waals surface area (Å²) in [4.78, 5) is 17.9. The Bertz CT molecular complexity index is 694. The molecular formula is C16H18N2O3. The highest BCUT2D eigenvalue weighted by Crippen LogP contribution is 2.39. The maximum absolute atomic E-state index is 11.0. The van der Waals surface area contributed by atoms with E-state index in [9.17, 15) is 4.79 Å². The summed E-state index contributed by atoms with van der Waals surface area (Å²) in [5.41, 5.74) is 1.53. The summed E-state index contributed by atoms with van der Waals surface area (Å²) in [5.74, 6) is -0.174. The number of aromatic carboxylic acids is 1. The molecule has 0 spiro atoms. The van der Waals surface area contributed by atoms with Gasteiger partial charge in [-0.15, -0.1) is 0 Å². The smallest absolute Gasteiger partial charge is 0.335 e. The minimum atomic E-state index is -0.941. The summed E-state index contributed by atoms with van der Waals surface area (Å²) in [6, 6.07) is 6.06. The summed E-state index contributed by atoms with van der Waals surface area (Å²) in [6.07, 6.45) is 6.35. The van der Waals surface area contributed by atoms with Crippen LogP contribution in [0.25, 0.3) is 11.1 Å². The van der Waals surface area contributed by atoms with Crippen LogP contribution in [0, 0.1) is 5.92 Å². The number of hydrogen-bond donors (Lipinski definition) is 1. The maximum atomic E-state index is 11.0. The molecule has 0 bridgehead atoms. The fourth-order valence-corrected chi connectivity index (χ4v) is 3.81. The number of carboxylic acid groups (broad SMARTS) is 1. The zero-order valence-electron chi connectivity index (χ0n) is 11.8. The van der Waals surface area contributed by atoms with Gasteiger partial charge in [0.05, 0.1) is 5.56 Å². The molecule has 4 rings (SSSR count). The lowest BCUT2D eigenvalue weighted by atomic mass is 9.85. The third-order valence-corrected chi connectivity index (χ3v) is 4.88. The van der Waals surface area contributed by atoms with Gasteiger partial charge in [0, 0.05) is 12.6 Å². The van der Waals surface area contributed by atoms with Crippen molar-refractivity contribution >= 4 is 23.1 Å². The van der Waals surface area contributed by atoms with E-state index in [1.54, 1.807) is 18.2 Å². The number of anilines is 1. The molecule has 0 radical (unpaired) electrons. The van der Waals surface area contributed by atoms with E-state index in [4.69, 9.17) is 9.52 Å². The van der Waals surface area contributed by atoms with Crippen LogP contribution in [0.1, 0.15) is 42.5 Å². The van der Waals surface area contributed by atoms with E-state index in [2.05, 4.69) is 9.88 Å². The second kappa shape index (κ2) is 4.76. The molecular weight excluding hydrogens is 268 g/mol. The Kier molecular flexibility index (Phi) is 2.87. The molecule has 1 aromatic carbocycles. The van der Waals surface area contributed by atoms with Crippen LogP contribution in [0.2, 0.25) is 0 Å². The number of hydrogen-bond acceptors (Lipinski definition) is 4. The Morgan fingerprint density at radius 3 is 3.00 bits per heavy atom. The topological polar surface area (TPSA) is 66.6 Å². The quantitative estimate of drug-likeness (QED) is 0.917. The van der Waals surface area contributed by atoms with Crippen molar-refractivity contribution in [3.05, 3.63) is 23.8 Å². The van der Waals surface area contributed by atoms with Gasteiger partial charge in [-0.2, -0.15) is 4.98 Å². The molecule has 21 heavy (non-hydrogen) atoms.